The largest absolute Gasteiger partial charge is 0.497 e. The number of amides is 1. The predicted octanol–water partition coefficient (Wildman–Crippen LogP) is 2.70. The number of hydrogen-bond donors (Lipinski definition) is 1. The minimum Gasteiger partial charge on any atom is -0.497 e. The van der Waals surface area contributed by atoms with Gasteiger partial charge in [-0.05, 0) is 42.5 Å². The molecule has 0 aliphatic heterocycles. The molecule has 3 rings (SSSR count). The van der Waals surface area contributed by atoms with E-state index in [2.05, 4.69) is 0 Å². The average Bonchev–Trinajstić information content (AvgIpc) is 3.17. The lowest BCUT2D eigenvalue weighted by Gasteiger charge is -2.30. The van der Waals surface area contributed by atoms with Crippen LogP contribution in [0.3, 0.4) is 0 Å². The molecular weight excluding hydrogens is 416 g/mol. The normalized spacial score (nSPS) is 21.3. The summed E-state index contributed by atoms with van der Waals surface area (Å²) in [5, 5.41) is 0. The molecule has 0 heterocycles. The number of ether oxygens (including phenoxy) is 2. The van der Waals surface area contributed by atoms with Crippen molar-refractivity contribution in [3.05, 3.63) is 65.7 Å². The second-order valence-electron chi connectivity index (χ2n) is 8.18. The number of sulfonamides is 1. The molecule has 1 fully saturated rings. The number of carbonyl (C=O) groups is 1. The van der Waals surface area contributed by atoms with Crippen LogP contribution in [0.25, 0.3) is 0 Å². The quantitative estimate of drug-likeness (QED) is 0.605. The second kappa shape index (κ2) is 9.80. The summed E-state index contributed by atoms with van der Waals surface area (Å²) in [4.78, 5) is 12.4. The third-order valence-electron chi connectivity index (χ3n) is 5.93. The van der Waals surface area contributed by atoms with E-state index in [0.717, 1.165) is 11.1 Å². The van der Waals surface area contributed by atoms with Gasteiger partial charge >= 0.3 is 0 Å². The smallest absolute Gasteiger partial charge is 0.226 e. The van der Waals surface area contributed by atoms with E-state index in [1.807, 2.05) is 42.5 Å². The van der Waals surface area contributed by atoms with Gasteiger partial charge in [0.05, 0.1) is 32.0 Å². The van der Waals surface area contributed by atoms with Crippen molar-refractivity contribution in [2.45, 2.75) is 38.5 Å². The number of primary amides is 1. The molecule has 2 aromatic rings. The Kier molecular flexibility index (Phi) is 7.35. The van der Waals surface area contributed by atoms with Crippen LogP contribution in [0.15, 0.2) is 54.6 Å². The van der Waals surface area contributed by atoms with Gasteiger partial charge in [0.2, 0.25) is 15.9 Å². The van der Waals surface area contributed by atoms with Crippen molar-refractivity contribution in [3.63, 3.8) is 0 Å². The van der Waals surface area contributed by atoms with E-state index in [-0.39, 0.29) is 19.2 Å². The van der Waals surface area contributed by atoms with Crippen molar-refractivity contribution in [2.24, 2.45) is 11.1 Å². The Labute approximate surface area is 184 Å². The highest BCUT2D eigenvalue weighted by Gasteiger charge is 2.47. The first-order valence-corrected chi connectivity index (χ1v) is 12.1. The number of benzene rings is 2. The molecule has 0 aromatic heterocycles. The summed E-state index contributed by atoms with van der Waals surface area (Å²) < 4.78 is 37.6. The predicted molar refractivity (Wildman–Crippen MR) is 119 cm³/mol. The van der Waals surface area contributed by atoms with E-state index in [1.54, 1.807) is 19.2 Å². The zero-order valence-corrected chi connectivity index (χ0v) is 18.8. The minimum absolute atomic E-state index is 0.174. The van der Waals surface area contributed by atoms with Crippen LogP contribution >= 0.6 is 0 Å². The second-order valence-corrected chi connectivity index (χ2v) is 10.1. The maximum Gasteiger partial charge on any atom is 0.226 e. The zero-order valence-electron chi connectivity index (χ0n) is 18.0. The van der Waals surface area contributed by atoms with E-state index in [4.69, 9.17) is 15.2 Å². The Hall–Kier alpha value is -2.42. The van der Waals surface area contributed by atoms with Crippen LogP contribution in [-0.2, 0) is 32.7 Å². The molecule has 1 amide bonds. The topological polar surface area (TPSA) is 98.9 Å². The molecule has 2 N–H and O–H groups in total. The number of rotatable bonds is 10. The molecule has 0 unspecified atom stereocenters. The van der Waals surface area contributed by atoms with Crippen LogP contribution < -0.4 is 10.5 Å². The van der Waals surface area contributed by atoms with Crippen LogP contribution in [0.1, 0.15) is 30.4 Å². The van der Waals surface area contributed by atoms with Crippen molar-refractivity contribution >= 4 is 15.9 Å². The lowest BCUT2D eigenvalue weighted by Crippen LogP contribution is -2.43. The molecule has 7 nitrogen and oxygen atoms in total. The highest BCUT2D eigenvalue weighted by molar-refractivity contribution is 7.88. The van der Waals surface area contributed by atoms with E-state index in [9.17, 15) is 13.2 Å². The van der Waals surface area contributed by atoms with Crippen molar-refractivity contribution < 1.29 is 22.7 Å². The summed E-state index contributed by atoms with van der Waals surface area (Å²) >= 11 is 0. The Morgan fingerprint density at radius 3 is 2.39 bits per heavy atom. The Morgan fingerprint density at radius 1 is 1.13 bits per heavy atom. The fourth-order valence-corrected chi connectivity index (χ4v) is 5.24. The molecular formula is C23H30N2O5S. The molecule has 31 heavy (non-hydrogen) atoms. The summed E-state index contributed by atoms with van der Waals surface area (Å²) in [5.74, 6) is 0.264. The SMILES string of the molecule is COc1ccc(CN([C@H]2CC[C@](COCc3ccccc3)(C(N)=O)C2)S(C)(=O)=O)cc1. The van der Waals surface area contributed by atoms with Gasteiger partial charge in [-0.25, -0.2) is 8.42 Å². The summed E-state index contributed by atoms with van der Waals surface area (Å²) in [6, 6.07) is 16.7. The van der Waals surface area contributed by atoms with Gasteiger partial charge in [0.15, 0.2) is 0 Å². The highest BCUT2D eigenvalue weighted by Crippen LogP contribution is 2.42. The molecule has 1 saturated carbocycles. The molecule has 2 aromatic carbocycles. The van der Waals surface area contributed by atoms with Crippen molar-refractivity contribution in [3.8, 4) is 5.75 Å². The van der Waals surface area contributed by atoms with Crippen LogP contribution in [0, 0.1) is 5.41 Å². The molecule has 1 aliphatic carbocycles. The van der Waals surface area contributed by atoms with Crippen LogP contribution in [0.5, 0.6) is 5.75 Å². The average molecular weight is 447 g/mol. The van der Waals surface area contributed by atoms with Gasteiger partial charge < -0.3 is 15.2 Å². The van der Waals surface area contributed by atoms with Gasteiger partial charge in [0.25, 0.3) is 0 Å². The van der Waals surface area contributed by atoms with Gasteiger partial charge in [-0.1, -0.05) is 42.5 Å². The van der Waals surface area contributed by atoms with Crippen molar-refractivity contribution in [1.29, 1.82) is 0 Å². The van der Waals surface area contributed by atoms with Gasteiger partial charge in [0.1, 0.15) is 5.75 Å². The number of methoxy groups -OCH3 is 1. The van der Waals surface area contributed by atoms with Gasteiger partial charge in [0, 0.05) is 12.6 Å². The van der Waals surface area contributed by atoms with Crippen LogP contribution in [0.2, 0.25) is 0 Å². The molecule has 8 heteroatoms. The molecule has 0 saturated heterocycles. The first kappa shape index (κ1) is 23.2. The summed E-state index contributed by atoms with van der Waals surface area (Å²) in [5.41, 5.74) is 6.75. The Bertz CT molecular complexity index is 979. The molecule has 168 valence electrons. The zero-order chi connectivity index (χ0) is 22.5. The highest BCUT2D eigenvalue weighted by atomic mass is 32.2. The standard InChI is InChI=1S/C23H30N2O5S/c1-29-21-10-8-18(9-11-21)15-25(31(2,27)28)20-12-13-23(14-20,22(24)26)17-30-16-19-6-4-3-5-7-19/h3-11,20H,12-17H2,1-2H3,(H2,24,26)/t20-,23-/m0/s1. The number of nitrogens with zero attached hydrogens (tertiary/aromatic N) is 1. The first-order valence-electron chi connectivity index (χ1n) is 10.2. The molecule has 1 aliphatic rings. The Morgan fingerprint density at radius 2 is 1.81 bits per heavy atom. The summed E-state index contributed by atoms with van der Waals surface area (Å²) in [6.07, 6.45) is 2.60. The van der Waals surface area contributed by atoms with Crippen LogP contribution in [-0.4, -0.2) is 44.6 Å². The van der Waals surface area contributed by atoms with Gasteiger partial charge in [-0.15, -0.1) is 0 Å². The van der Waals surface area contributed by atoms with Gasteiger partial charge in [-0.3, -0.25) is 4.79 Å². The number of nitrogens with two attached hydrogens (primary N) is 1. The lowest BCUT2D eigenvalue weighted by atomic mass is 9.86. The maximum atomic E-state index is 12.6. The fourth-order valence-electron chi connectivity index (χ4n) is 4.14. The molecule has 0 bridgehead atoms. The molecule has 0 spiro atoms. The van der Waals surface area contributed by atoms with Gasteiger partial charge in [-0.2, -0.15) is 4.31 Å². The third-order valence-corrected chi connectivity index (χ3v) is 7.21. The molecule has 0 radical (unpaired) electrons. The minimum atomic E-state index is -3.49. The van der Waals surface area contributed by atoms with Crippen molar-refractivity contribution in [2.75, 3.05) is 20.0 Å². The Balaban J connectivity index is 1.71. The van der Waals surface area contributed by atoms with E-state index in [0.29, 0.717) is 31.6 Å². The third kappa shape index (κ3) is 5.84. The van der Waals surface area contributed by atoms with Crippen LogP contribution in [0.4, 0.5) is 0 Å². The first-order chi connectivity index (χ1) is 14.7. The van der Waals surface area contributed by atoms with E-state index in [1.165, 1.54) is 10.6 Å². The summed E-state index contributed by atoms with van der Waals surface area (Å²) in [6.45, 7) is 0.781. The van der Waals surface area contributed by atoms with E-state index >= 15 is 0 Å². The fraction of sp³-hybridized carbons (Fsp3) is 0.435. The number of carbonyl (C=O) groups excluding carboxylic acids is 1. The number of hydrogen-bond acceptors (Lipinski definition) is 5. The molecule has 2 atom stereocenters. The van der Waals surface area contributed by atoms with Crippen molar-refractivity contribution in [1.82, 2.24) is 4.31 Å². The lowest BCUT2D eigenvalue weighted by molar-refractivity contribution is -0.131. The monoisotopic (exact) mass is 446 g/mol. The summed E-state index contributed by atoms with van der Waals surface area (Å²) in [7, 11) is -1.91. The maximum absolute atomic E-state index is 12.6. The van der Waals surface area contributed by atoms with E-state index < -0.39 is 21.3 Å².